The van der Waals surface area contributed by atoms with Crippen LogP contribution in [0.2, 0.25) is 0 Å². The van der Waals surface area contributed by atoms with Gasteiger partial charge >= 0.3 is 0 Å². The maximum atomic E-state index is 6.31. The molecule has 0 bridgehead atoms. The second kappa shape index (κ2) is 6.34. The molecule has 0 saturated heterocycles. The van der Waals surface area contributed by atoms with Crippen LogP contribution in [0.1, 0.15) is 29.2 Å². The maximum absolute atomic E-state index is 6.31. The molecule has 0 amide bonds. The number of aryl methyl sites for hydroxylation is 2. The summed E-state index contributed by atoms with van der Waals surface area (Å²) in [6.45, 7) is 2.13. The van der Waals surface area contributed by atoms with Crippen LogP contribution in [-0.4, -0.2) is 0 Å². The first-order valence-corrected chi connectivity index (χ1v) is 7.31. The third-order valence-corrected chi connectivity index (χ3v) is 4.68. The Labute approximate surface area is 123 Å². The van der Waals surface area contributed by atoms with Crippen molar-refractivity contribution in [1.82, 2.24) is 0 Å². The summed E-state index contributed by atoms with van der Waals surface area (Å²) in [6.07, 6.45) is 2.02. The normalized spacial score (nSPS) is 12.4. The molecule has 0 fully saturated rings. The molecule has 0 radical (unpaired) electrons. The molecule has 1 unspecified atom stereocenters. The average Bonchev–Trinajstić information content (AvgIpc) is 2.40. The number of halogens is 1. The van der Waals surface area contributed by atoms with Gasteiger partial charge in [0.25, 0.3) is 0 Å². The highest BCUT2D eigenvalue weighted by atomic mass is 127. The summed E-state index contributed by atoms with van der Waals surface area (Å²) in [5, 5.41) is 0. The van der Waals surface area contributed by atoms with Crippen LogP contribution in [0.3, 0.4) is 0 Å². The fourth-order valence-electron chi connectivity index (χ4n) is 2.08. The van der Waals surface area contributed by atoms with Gasteiger partial charge in [0.15, 0.2) is 0 Å². The molecule has 2 aromatic carbocycles. The van der Waals surface area contributed by atoms with E-state index >= 15 is 0 Å². The largest absolute Gasteiger partial charge is 0.324 e. The lowest BCUT2D eigenvalue weighted by Gasteiger charge is -2.15. The topological polar surface area (TPSA) is 26.0 Å². The molecular formula is C16H18IN. The Kier molecular flexibility index (Phi) is 4.78. The first-order chi connectivity index (χ1) is 8.68. The molecule has 1 atom stereocenters. The fourth-order valence-corrected chi connectivity index (χ4v) is 2.84. The molecule has 0 spiro atoms. The van der Waals surface area contributed by atoms with Crippen molar-refractivity contribution in [3.05, 3.63) is 68.8 Å². The minimum atomic E-state index is 0.122. The van der Waals surface area contributed by atoms with Gasteiger partial charge in [0.2, 0.25) is 0 Å². The van der Waals surface area contributed by atoms with Gasteiger partial charge in [0.05, 0.1) is 0 Å². The van der Waals surface area contributed by atoms with Gasteiger partial charge in [-0.1, -0.05) is 48.5 Å². The Hall–Kier alpha value is -0.870. The van der Waals surface area contributed by atoms with E-state index < -0.39 is 0 Å². The number of benzene rings is 2. The van der Waals surface area contributed by atoms with Gasteiger partial charge in [-0.3, -0.25) is 0 Å². The molecule has 0 aliphatic heterocycles. The quantitative estimate of drug-likeness (QED) is 0.820. The van der Waals surface area contributed by atoms with Gasteiger partial charge in [-0.05, 0) is 59.0 Å². The highest BCUT2D eigenvalue weighted by molar-refractivity contribution is 14.1. The van der Waals surface area contributed by atoms with Crippen molar-refractivity contribution in [2.75, 3.05) is 0 Å². The summed E-state index contributed by atoms with van der Waals surface area (Å²) in [4.78, 5) is 0. The summed E-state index contributed by atoms with van der Waals surface area (Å²) in [7, 11) is 0. The predicted octanol–water partition coefficient (Wildman–Crippen LogP) is 4.23. The molecule has 2 aromatic rings. The van der Waals surface area contributed by atoms with Crippen LogP contribution in [0.25, 0.3) is 0 Å². The van der Waals surface area contributed by atoms with Crippen molar-refractivity contribution in [3.8, 4) is 0 Å². The lowest BCUT2D eigenvalue weighted by atomic mass is 9.98. The van der Waals surface area contributed by atoms with Gasteiger partial charge in [-0.25, -0.2) is 0 Å². The zero-order chi connectivity index (χ0) is 13.0. The molecule has 18 heavy (non-hydrogen) atoms. The van der Waals surface area contributed by atoms with E-state index in [1.807, 2.05) is 6.07 Å². The summed E-state index contributed by atoms with van der Waals surface area (Å²) >= 11 is 2.39. The Bertz CT molecular complexity index is 508. The van der Waals surface area contributed by atoms with Crippen molar-refractivity contribution >= 4 is 22.6 Å². The third-order valence-electron chi connectivity index (χ3n) is 3.21. The SMILES string of the molecule is Cc1cccc(C(N)CCc2ccccc2)c1I. The van der Waals surface area contributed by atoms with Crippen LogP contribution in [0.5, 0.6) is 0 Å². The summed E-state index contributed by atoms with van der Waals surface area (Å²) in [5.41, 5.74) is 10.2. The second-order valence-corrected chi connectivity index (χ2v) is 5.69. The predicted molar refractivity (Wildman–Crippen MR) is 85.6 cm³/mol. The summed E-state index contributed by atoms with van der Waals surface area (Å²) in [6, 6.07) is 17.0. The van der Waals surface area contributed by atoms with Crippen LogP contribution in [0.15, 0.2) is 48.5 Å². The van der Waals surface area contributed by atoms with E-state index in [1.165, 1.54) is 20.3 Å². The van der Waals surface area contributed by atoms with Crippen molar-refractivity contribution in [2.45, 2.75) is 25.8 Å². The molecule has 2 N–H and O–H groups in total. The highest BCUT2D eigenvalue weighted by Crippen LogP contribution is 2.24. The van der Waals surface area contributed by atoms with Crippen molar-refractivity contribution in [1.29, 1.82) is 0 Å². The van der Waals surface area contributed by atoms with E-state index in [1.54, 1.807) is 0 Å². The van der Waals surface area contributed by atoms with Gasteiger partial charge < -0.3 is 5.73 Å². The molecule has 0 aromatic heterocycles. The highest BCUT2D eigenvalue weighted by Gasteiger charge is 2.10. The Morgan fingerprint density at radius 3 is 2.50 bits per heavy atom. The van der Waals surface area contributed by atoms with E-state index in [2.05, 4.69) is 72.0 Å². The van der Waals surface area contributed by atoms with Gasteiger partial charge in [0.1, 0.15) is 0 Å². The van der Waals surface area contributed by atoms with E-state index in [4.69, 9.17) is 5.73 Å². The Morgan fingerprint density at radius 1 is 1.06 bits per heavy atom. The standard InChI is InChI=1S/C16H18IN/c1-12-6-5-9-14(16(12)17)15(18)11-10-13-7-3-2-4-8-13/h2-9,15H,10-11,18H2,1H3. The molecule has 0 aliphatic rings. The third kappa shape index (κ3) is 3.33. The van der Waals surface area contributed by atoms with Crippen molar-refractivity contribution < 1.29 is 0 Å². The second-order valence-electron chi connectivity index (χ2n) is 4.61. The van der Waals surface area contributed by atoms with Crippen molar-refractivity contribution in [3.63, 3.8) is 0 Å². The van der Waals surface area contributed by atoms with Crippen LogP contribution >= 0.6 is 22.6 Å². The average molecular weight is 351 g/mol. The summed E-state index contributed by atoms with van der Waals surface area (Å²) < 4.78 is 1.30. The molecule has 0 saturated carbocycles. The number of rotatable bonds is 4. The molecule has 94 valence electrons. The van der Waals surface area contributed by atoms with E-state index in [0.717, 1.165) is 12.8 Å². The number of hydrogen-bond acceptors (Lipinski definition) is 1. The molecule has 2 rings (SSSR count). The van der Waals surface area contributed by atoms with Crippen LogP contribution in [-0.2, 0) is 6.42 Å². The minimum absolute atomic E-state index is 0.122. The smallest absolute Gasteiger partial charge is 0.0308 e. The fraction of sp³-hybridized carbons (Fsp3) is 0.250. The van der Waals surface area contributed by atoms with Crippen LogP contribution < -0.4 is 5.73 Å². The lowest BCUT2D eigenvalue weighted by Crippen LogP contribution is -2.13. The molecular weight excluding hydrogens is 333 g/mol. The molecule has 1 nitrogen and oxygen atoms in total. The van der Waals surface area contributed by atoms with Gasteiger partial charge in [-0.15, -0.1) is 0 Å². The van der Waals surface area contributed by atoms with Crippen LogP contribution in [0, 0.1) is 10.5 Å². The molecule has 0 aliphatic carbocycles. The first kappa shape index (κ1) is 13.6. The number of hydrogen-bond donors (Lipinski definition) is 1. The monoisotopic (exact) mass is 351 g/mol. The maximum Gasteiger partial charge on any atom is 0.0308 e. The summed E-state index contributed by atoms with van der Waals surface area (Å²) in [5.74, 6) is 0. The number of nitrogens with two attached hydrogens (primary N) is 1. The van der Waals surface area contributed by atoms with Gasteiger partial charge in [-0.2, -0.15) is 0 Å². The first-order valence-electron chi connectivity index (χ1n) is 6.23. The van der Waals surface area contributed by atoms with E-state index in [-0.39, 0.29) is 6.04 Å². The van der Waals surface area contributed by atoms with Crippen molar-refractivity contribution in [2.24, 2.45) is 5.73 Å². The molecule has 0 heterocycles. The Morgan fingerprint density at radius 2 is 1.78 bits per heavy atom. The molecule has 2 heteroatoms. The lowest BCUT2D eigenvalue weighted by molar-refractivity contribution is 0.648. The van der Waals surface area contributed by atoms with E-state index in [0.29, 0.717) is 0 Å². The van der Waals surface area contributed by atoms with Gasteiger partial charge in [0, 0.05) is 9.61 Å². The minimum Gasteiger partial charge on any atom is -0.324 e. The van der Waals surface area contributed by atoms with E-state index in [9.17, 15) is 0 Å². The zero-order valence-corrected chi connectivity index (χ0v) is 12.7. The van der Waals surface area contributed by atoms with Crippen LogP contribution in [0.4, 0.5) is 0 Å². The zero-order valence-electron chi connectivity index (χ0n) is 10.6. The Balaban J connectivity index is 2.04.